The third kappa shape index (κ3) is 6.48. The summed E-state index contributed by atoms with van der Waals surface area (Å²) in [5.74, 6) is -0.767. The van der Waals surface area contributed by atoms with Crippen molar-refractivity contribution < 1.29 is 43.3 Å². The van der Waals surface area contributed by atoms with Crippen LogP contribution < -0.4 is 23.2 Å². The molecule has 1 aromatic heterocycles. The summed E-state index contributed by atoms with van der Waals surface area (Å²) in [4.78, 5) is 10.6. The number of carboxylic acid groups (broad SMARTS) is 1. The lowest BCUT2D eigenvalue weighted by Crippen LogP contribution is -2.68. The molecule has 0 aliphatic rings. The summed E-state index contributed by atoms with van der Waals surface area (Å²) in [6.07, 6.45) is 2.10. The van der Waals surface area contributed by atoms with Crippen molar-refractivity contribution in [2.45, 2.75) is 19.9 Å². The zero-order valence-corrected chi connectivity index (χ0v) is 11.9. The van der Waals surface area contributed by atoms with E-state index in [1.54, 1.807) is 0 Å². The second kappa shape index (κ2) is 7.30. The van der Waals surface area contributed by atoms with Gasteiger partial charge in [0.2, 0.25) is 5.52 Å². The van der Waals surface area contributed by atoms with E-state index in [1.807, 2.05) is 35.0 Å². The molecule has 2 rings (SSSR count). The lowest BCUT2D eigenvalue weighted by Gasteiger charge is -2.17. The number of carboxylic acids is 1. The molecule has 0 atom stereocenters. The molecule has 0 aliphatic carbocycles. The number of hydrogen-bond donors (Lipinski definition) is 1. The normalized spacial score (nSPS) is 10.9. The molecule has 1 aromatic carbocycles. The molecule has 0 aliphatic heterocycles. The van der Waals surface area contributed by atoms with Gasteiger partial charge in [-0.2, -0.15) is 4.57 Å². The molecule has 1 heterocycles. The van der Waals surface area contributed by atoms with Crippen molar-refractivity contribution in [2.75, 3.05) is 0 Å². The summed E-state index contributed by atoms with van der Waals surface area (Å²) in [6, 6.07) is 10.1. The standard InChI is InChI=1S/C13H13NO2.ClHO4/c1-10-6-8-14(9-7-13(15)16)12-5-3-2-4-11(10)12;2-1(3,4)5/h2-6,8H,7,9H2,1H3;(H,2,3,4,5). The maximum atomic E-state index is 10.6. The number of rotatable bonds is 3. The van der Waals surface area contributed by atoms with Crippen LogP contribution in [0.3, 0.4) is 0 Å². The number of hydrogen-bond acceptors (Lipinski definition) is 5. The van der Waals surface area contributed by atoms with Crippen molar-refractivity contribution in [3.8, 4) is 0 Å². The van der Waals surface area contributed by atoms with E-state index in [1.165, 1.54) is 10.9 Å². The number of benzene rings is 1. The van der Waals surface area contributed by atoms with Gasteiger partial charge in [-0.3, -0.25) is 4.79 Å². The number of carbonyl (C=O) groups is 1. The van der Waals surface area contributed by atoms with Crippen LogP contribution >= 0.6 is 0 Å². The van der Waals surface area contributed by atoms with Gasteiger partial charge in [-0.25, -0.2) is 18.6 Å². The Morgan fingerprint density at radius 3 is 2.33 bits per heavy atom. The van der Waals surface area contributed by atoms with E-state index in [2.05, 4.69) is 13.0 Å². The van der Waals surface area contributed by atoms with Crippen LogP contribution in [0.25, 0.3) is 10.9 Å². The molecule has 2 aromatic rings. The number of nitrogens with zero attached hydrogens (tertiary/aromatic N) is 1. The molecule has 1 N–H and O–H groups in total. The molecule has 0 fully saturated rings. The number of aromatic nitrogens is 1. The van der Waals surface area contributed by atoms with Gasteiger partial charge in [-0.15, -0.1) is 10.2 Å². The van der Waals surface area contributed by atoms with Crippen molar-refractivity contribution >= 4 is 16.9 Å². The van der Waals surface area contributed by atoms with Crippen molar-refractivity contribution in [2.24, 2.45) is 0 Å². The van der Waals surface area contributed by atoms with Crippen LogP contribution in [0.5, 0.6) is 0 Å². The number of para-hydroxylation sites is 1. The third-order valence-electron chi connectivity index (χ3n) is 2.71. The second-order valence-corrected chi connectivity index (χ2v) is 4.99. The first-order chi connectivity index (χ1) is 9.68. The molecule has 0 amide bonds. The summed E-state index contributed by atoms with van der Waals surface area (Å²) in [7, 11) is -4.94. The quantitative estimate of drug-likeness (QED) is 0.606. The topological polar surface area (TPSA) is 133 Å². The molecule has 0 bridgehead atoms. The van der Waals surface area contributed by atoms with Gasteiger partial charge in [0, 0.05) is 17.5 Å². The number of aliphatic carboxylic acids is 1. The first-order valence-corrected chi connectivity index (χ1v) is 7.13. The number of pyridine rings is 1. The Kier molecular flexibility index (Phi) is 6.01. The molecular formula is C13H14ClNO6. The highest BCUT2D eigenvalue weighted by Crippen LogP contribution is 2.13. The first kappa shape index (κ1) is 17.3. The lowest BCUT2D eigenvalue weighted by molar-refractivity contribution is -2.00. The van der Waals surface area contributed by atoms with Crippen LogP contribution in [0.15, 0.2) is 36.5 Å². The minimum absolute atomic E-state index is 0.151. The Balaban J connectivity index is 0.000000383. The molecule has 0 spiro atoms. The molecule has 0 radical (unpaired) electrons. The smallest absolute Gasteiger partial charge is 0.309 e. The Morgan fingerprint density at radius 1 is 1.19 bits per heavy atom. The molecule has 0 saturated heterocycles. The largest absolute Gasteiger partial charge is 0.481 e. The van der Waals surface area contributed by atoms with E-state index in [0.29, 0.717) is 6.54 Å². The Hall–Kier alpha value is -1.77. The van der Waals surface area contributed by atoms with Crippen LogP contribution in [0.2, 0.25) is 0 Å². The predicted octanol–water partition coefficient (Wildman–Crippen LogP) is -2.85. The van der Waals surface area contributed by atoms with Gasteiger partial charge in [0.25, 0.3) is 0 Å². The molecule has 0 saturated carbocycles. The lowest BCUT2D eigenvalue weighted by atomic mass is 10.1. The minimum Gasteiger partial charge on any atom is -0.481 e. The van der Waals surface area contributed by atoms with E-state index >= 15 is 0 Å². The van der Waals surface area contributed by atoms with Crippen molar-refractivity contribution in [3.63, 3.8) is 0 Å². The molecule has 114 valence electrons. The zero-order chi connectivity index (χ0) is 16.0. The molecule has 8 heteroatoms. The summed E-state index contributed by atoms with van der Waals surface area (Å²) < 4.78 is 36.0. The molecule has 21 heavy (non-hydrogen) atoms. The fraction of sp³-hybridized carbons (Fsp3) is 0.231. The van der Waals surface area contributed by atoms with E-state index in [-0.39, 0.29) is 6.42 Å². The van der Waals surface area contributed by atoms with Crippen LogP contribution in [0.1, 0.15) is 12.0 Å². The summed E-state index contributed by atoms with van der Waals surface area (Å²) >= 11 is 0. The summed E-state index contributed by atoms with van der Waals surface area (Å²) in [5, 5.41) is 9.86. The average Bonchev–Trinajstić information content (AvgIpc) is 2.36. The highest BCUT2D eigenvalue weighted by atomic mass is 35.7. The van der Waals surface area contributed by atoms with E-state index in [4.69, 9.17) is 23.7 Å². The number of aryl methyl sites for hydroxylation is 2. The maximum Gasteiger partial charge on any atom is 0.309 e. The SMILES string of the molecule is Cc1cc[n+](CCC(=O)O)c2ccccc12.[O-][Cl+3]([O-])([O-])[O-]. The van der Waals surface area contributed by atoms with Gasteiger partial charge in [-0.05, 0) is 18.6 Å². The summed E-state index contributed by atoms with van der Waals surface area (Å²) in [6.45, 7) is 2.57. The number of halogens is 1. The maximum absolute atomic E-state index is 10.6. The van der Waals surface area contributed by atoms with Gasteiger partial charge >= 0.3 is 5.97 Å². The monoisotopic (exact) mass is 315 g/mol. The highest BCUT2D eigenvalue weighted by Gasteiger charge is 2.11. The second-order valence-electron chi connectivity index (χ2n) is 4.23. The first-order valence-electron chi connectivity index (χ1n) is 5.90. The predicted molar refractivity (Wildman–Crippen MR) is 61.1 cm³/mol. The van der Waals surface area contributed by atoms with E-state index in [9.17, 15) is 4.79 Å². The molecule has 0 unspecified atom stereocenters. The molecular weight excluding hydrogens is 302 g/mol. The zero-order valence-electron chi connectivity index (χ0n) is 11.2. The number of fused-ring (bicyclic) bond motifs is 1. The van der Waals surface area contributed by atoms with Crippen molar-refractivity contribution in [1.29, 1.82) is 0 Å². The Bertz CT molecular complexity index is 620. The van der Waals surface area contributed by atoms with E-state index < -0.39 is 16.2 Å². The fourth-order valence-corrected chi connectivity index (χ4v) is 1.84. The van der Waals surface area contributed by atoms with Crippen molar-refractivity contribution in [1.82, 2.24) is 0 Å². The highest BCUT2D eigenvalue weighted by molar-refractivity contribution is 5.78. The van der Waals surface area contributed by atoms with Gasteiger partial charge in [0.1, 0.15) is 6.42 Å². The average molecular weight is 316 g/mol. The van der Waals surface area contributed by atoms with Crippen molar-refractivity contribution in [3.05, 3.63) is 42.1 Å². The van der Waals surface area contributed by atoms with Gasteiger partial charge in [-0.1, -0.05) is 12.1 Å². The third-order valence-corrected chi connectivity index (χ3v) is 2.71. The fourth-order valence-electron chi connectivity index (χ4n) is 1.84. The van der Waals surface area contributed by atoms with Crippen LogP contribution in [0.4, 0.5) is 0 Å². The molecule has 7 nitrogen and oxygen atoms in total. The van der Waals surface area contributed by atoms with Gasteiger partial charge < -0.3 is 5.11 Å². The van der Waals surface area contributed by atoms with Crippen LogP contribution in [-0.4, -0.2) is 11.1 Å². The van der Waals surface area contributed by atoms with Gasteiger partial charge in [0.15, 0.2) is 12.7 Å². The van der Waals surface area contributed by atoms with Crippen LogP contribution in [-0.2, 0) is 11.3 Å². The van der Waals surface area contributed by atoms with Gasteiger partial charge in [0.05, 0.1) is 0 Å². The summed E-state index contributed by atoms with van der Waals surface area (Å²) in [5.41, 5.74) is 2.30. The Morgan fingerprint density at radius 2 is 1.76 bits per heavy atom. The van der Waals surface area contributed by atoms with Crippen LogP contribution in [0, 0.1) is 17.2 Å². The van der Waals surface area contributed by atoms with E-state index in [0.717, 1.165) is 5.52 Å². The minimum atomic E-state index is -4.94. The Labute approximate surface area is 123 Å².